The topological polar surface area (TPSA) is 53.2 Å². The Morgan fingerprint density at radius 2 is 1.81 bits per heavy atom. The molecule has 0 bridgehead atoms. The van der Waals surface area contributed by atoms with Crippen molar-refractivity contribution in [2.45, 2.75) is 25.7 Å². The van der Waals surface area contributed by atoms with Crippen LogP contribution in [0.25, 0.3) is 10.9 Å². The Kier molecular flexibility index (Phi) is 3.73. The summed E-state index contributed by atoms with van der Waals surface area (Å²) in [7, 11) is 0. The molecule has 1 amide bonds. The number of carbonyl (C=O) groups excluding carboxylic acids is 1. The number of benzene rings is 1. The summed E-state index contributed by atoms with van der Waals surface area (Å²) in [6.45, 7) is 1.43. The molecule has 0 unspecified atom stereocenters. The molecule has 1 N–H and O–H groups in total. The predicted octanol–water partition coefficient (Wildman–Crippen LogP) is 2.68. The Balaban J connectivity index is 2.06. The van der Waals surface area contributed by atoms with Gasteiger partial charge >= 0.3 is 0 Å². The van der Waals surface area contributed by atoms with Crippen LogP contribution in [0.3, 0.4) is 0 Å². The van der Waals surface area contributed by atoms with Gasteiger partial charge in [-0.15, -0.1) is 0 Å². The number of likely N-dealkylation sites (tertiary alicyclic amines) is 1. The van der Waals surface area contributed by atoms with Crippen LogP contribution in [0.2, 0.25) is 0 Å². The number of carbonyl (C=O) groups is 1. The second-order valence-corrected chi connectivity index (χ2v) is 5.44. The number of nitrogens with zero attached hydrogens (tertiary/aromatic N) is 1. The standard InChI is InChI=1S/C16H17FN2O2/c17-11-5-6-12-13(10-15(20)18-14(12)9-11)16(21)19-7-3-1-2-4-8-19/h5-6,9-10H,1-4,7-8H2,(H,18,20). The second-order valence-electron chi connectivity index (χ2n) is 5.44. The third-order valence-electron chi connectivity index (χ3n) is 3.93. The van der Waals surface area contributed by atoms with Gasteiger partial charge in [0, 0.05) is 24.5 Å². The number of aromatic amines is 1. The molecule has 5 heteroatoms. The summed E-state index contributed by atoms with van der Waals surface area (Å²) in [4.78, 5) is 28.8. The van der Waals surface area contributed by atoms with E-state index in [2.05, 4.69) is 4.98 Å². The number of hydrogen-bond acceptors (Lipinski definition) is 2. The molecule has 1 saturated heterocycles. The van der Waals surface area contributed by atoms with Gasteiger partial charge in [0.2, 0.25) is 5.56 Å². The van der Waals surface area contributed by atoms with E-state index in [1.807, 2.05) is 0 Å². The summed E-state index contributed by atoms with van der Waals surface area (Å²) in [5.74, 6) is -0.572. The number of fused-ring (bicyclic) bond motifs is 1. The maximum atomic E-state index is 13.3. The minimum Gasteiger partial charge on any atom is -0.339 e. The molecule has 0 aliphatic carbocycles. The van der Waals surface area contributed by atoms with Crippen molar-refractivity contribution in [3.8, 4) is 0 Å². The molecule has 1 fully saturated rings. The van der Waals surface area contributed by atoms with E-state index in [1.165, 1.54) is 18.2 Å². The summed E-state index contributed by atoms with van der Waals surface area (Å²) in [6.07, 6.45) is 4.24. The first-order chi connectivity index (χ1) is 10.1. The molecule has 0 saturated carbocycles. The molecule has 1 aliphatic heterocycles. The van der Waals surface area contributed by atoms with Crippen molar-refractivity contribution in [1.82, 2.24) is 9.88 Å². The van der Waals surface area contributed by atoms with Gasteiger partial charge in [0.1, 0.15) is 5.82 Å². The van der Waals surface area contributed by atoms with Crippen molar-refractivity contribution in [3.63, 3.8) is 0 Å². The van der Waals surface area contributed by atoms with Crippen LogP contribution in [0.4, 0.5) is 4.39 Å². The molecule has 2 heterocycles. The smallest absolute Gasteiger partial charge is 0.254 e. The molecule has 0 radical (unpaired) electrons. The maximum absolute atomic E-state index is 13.3. The Morgan fingerprint density at radius 1 is 1.10 bits per heavy atom. The van der Waals surface area contributed by atoms with E-state index < -0.39 is 5.82 Å². The summed E-state index contributed by atoms with van der Waals surface area (Å²) < 4.78 is 13.3. The van der Waals surface area contributed by atoms with Crippen molar-refractivity contribution >= 4 is 16.8 Å². The van der Waals surface area contributed by atoms with E-state index in [-0.39, 0.29) is 11.5 Å². The van der Waals surface area contributed by atoms with Crippen molar-refractivity contribution in [3.05, 3.63) is 46.0 Å². The van der Waals surface area contributed by atoms with Gasteiger partial charge in [-0.3, -0.25) is 9.59 Å². The van der Waals surface area contributed by atoms with Crippen molar-refractivity contribution in [2.75, 3.05) is 13.1 Å². The fraction of sp³-hybridized carbons (Fsp3) is 0.375. The lowest BCUT2D eigenvalue weighted by Gasteiger charge is -2.21. The monoisotopic (exact) mass is 288 g/mol. The lowest BCUT2D eigenvalue weighted by Crippen LogP contribution is -2.32. The first kappa shape index (κ1) is 13.8. The van der Waals surface area contributed by atoms with Crippen LogP contribution in [-0.4, -0.2) is 28.9 Å². The molecule has 1 aromatic heterocycles. The van der Waals surface area contributed by atoms with Gasteiger partial charge in [-0.2, -0.15) is 0 Å². The summed E-state index contributed by atoms with van der Waals surface area (Å²) in [5, 5.41) is 0.588. The van der Waals surface area contributed by atoms with Crippen LogP contribution in [0.15, 0.2) is 29.1 Å². The van der Waals surface area contributed by atoms with Gasteiger partial charge < -0.3 is 9.88 Å². The van der Waals surface area contributed by atoms with Gasteiger partial charge in [0.25, 0.3) is 5.91 Å². The Morgan fingerprint density at radius 3 is 2.52 bits per heavy atom. The summed E-state index contributed by atoms with van der Waals surface area (Å²) >= 11 is 0. The van der Waals surface area contributed by atoms with Crippen molar-refractivity contribution in [2.24, 2.45) is 0 Å². The third-order valence-corrected chi connectivity index (χ3v) is 3.93. The SMILES string of the molecule is O=C(c1cc(=O)[nH]c2cc(F)ccc12)N1CCCCCC1. The number of rotatable bonds is 1. The Labute approximate surface area is 121 Å². The average Bonchev–Trinajstić information content (AvgIpc) is 2.74. The first-order valence-electron chi connectivity index (χ1n) is 7.27. The van der Waals surface area contributed by atoms with E-state index in [9.17, 15) is 14.0 Å². The molecule has 21 heavy (non-hydrogen) atoms. The normalized spacial score (nSPS) is 16.0. The van der Waals surface area contributed by atoms with E-state index in [0.717, 1.165) is 25.7 Å². The highest BCUT2D eigenvalue weighted by atomic mass is 19.1. The zero-order valence-corrected chi connectivity index (χ0v) is 11.7. The summed E-state index contributed by atoms with van der Waals surface area (Å²) in [6, 6.07) is 5.41. The highest BCUT2D eigenvalue weighted by Crippen LogP contribution is 2.20. The molecule has 2 aromatic rings. The molecule has 110 valence electrons. The van der Waals surface area contributed by atoms with Crippen LogP contribution in [0.1, 0.15) is 36.0 Å². The fourth-order valence-electron chi connectivity index (χ4n) is 2.85. The molecule has 1 aromatic carbocycles. The van der Waals surface area contributed by atoms with E-state index in [1.54, 1.807) is 11.0 Å². The minimum absolute atomic E-state index is 0.139. The second kappa shape index (κ2) is 5.68. The number of pyridine rings is 1. The highest BCUT2D eigenvalue weighted by Gasteiger charge is 2.20. The number of H-pyrrole nitrogens is 1. The molecule has 0 atom stereocenters. The van der Waals surface area contributed by atoms with E-state index >= 15 is 0 Å². The van der Waals surface area contributed by atoms with Gasteiger partial charge in [-0.25, -0.2) is 4.39 Å². The number of hydrogen-bond donors (Lipinski definition) is 1. The van der Waals surface area contributed by atoms with Crippen LogP contribution >= 0.6 is 0 Å². The van der Waals surface area contributed by atoms with Crippen molar-refractivity contribution < 1.29 is 9.18 Å². The lowest BCUT2D eigenvalue weighted by atomic mass is 10.1. The number of aromatic nitrogens is 1. The van der Waals surface area contributed by atoms with Crippen LogP contribution in [0.5, 0.6) is 0 Å². The number of nitrogens with one attached hydrogen (secondary N) is 1. The maximum Gasteiger partial charge on any atom is 0.254 e. The molecular formula is C16H17FN2O2. The van der Waals surface area contributed by atoms with Gasteiger partial charge in [-0.1, -0.05) is 12.8 Å². The van der Waals surface area contributed by atoms with E-state index in [4.69, 9.17) is 0 Å². The van der Waals surface area contributed by atoms with Crippen LogP contribution < -0.4 is 5.56 Å². The third kappa shape index (κ3) is 2.82. The number of halogens is 1. The van der Waals surface area contributed by atoms with Gasteiger partial charge in [0.15, 0.2) is 0 Å². The highest BCUT2D eigenvalue weighted by molar-refractivity contribution is 6.05. The summed E-state index contributed by atoms with van der Waals surface area (Å²) in [5.41, 5.74) is 0.336. The molecular weight excluding hydrogens is 271 g/mol. The van der Waals surface area contributed by atoms with Crippen LogP contribution in [0, 0.1) is 5.82 Å². The fourth-order valence-corrected chi connectivity index (χ4v) is 2.85. The van der Waals surface area contributed by atoms with Gasteiger partial charge in [-0.05, 0) is 31.0 Å². The predicted molar refractivity (Wildman–Crippen MR) is 78.9 cm³/mol. The Hall–Kier alpha value is -2.17. The molecule has 0 spiro atoms. The van der Waals surface area contributed by atoms with E-state index in [0.29, 0.717) is 29.6 Å². The van der Waals surface area contributed by atoms with Crippen molar-refractivity contribution in [1.29, 1.82) is 0 Å². The largest absolute Gasteiger partial charge is 0.339 e. The minimum atomic E-state index is -0.433. The number of amides is 1. The zero-order valence-electron chi connectivity index (χ0n) is 11.7. The first-order valence-corrected chi connectivity index (χ1v) is 7.27. The van der Waals surface area contributed by atoms with Gasteiger partial charge in [0.05, 0.1) is 11.1 Å². The van der Waals surface area contributed by atoms with Crippen LogP contribution in [-0.2, 0) is 0 Å². The average molecular weight is 288 g/mol. The quantitative estimate of drug-likeness (QED) is 0.877. The zero-order chi connectivity index (χ0) is 14.8. The molecule has 4 nitrogen and oxygen atoms in total. The molecule has 3 rings (SSSR count). The Bertz CT molecular complexity index is 731. The molecule has 1 aliphatic rings. The lowest BCUT2D eigenvalue weighted by molar-refractivity contribution is 0.0763.